The van der Waals surface area contributed by atoms with Gasteiger partial charge in [-0.3, -0.25) is 19.2 Å². The third-order valence-corrected chi connectivity index (χ3v) is 19.4. The molecule has 2 amide bonds. The molecule has 10 atom stereocenters. The number of hydrogen-bond acceptors (Lipinski definition) is 8. The Morgan fingerprint density at radius 3 is 2.03 bits per heavy atom. The van der Waals surface area contributed by atoms with E-state index in [0.717, 1.165) is 62.5 Å². The Bertz CT molecular complexity index is 2090. The van der Waals surface area contributed by atoms with Crippen LogP contribution in [0.25, 0.3) is 0 Å². The van der Waals surface area contributed by atoms with Gasteiger partial charge in [0.15, 0.2) is 5.78 Å². The standard InChI is InChI=1S/C54H78N2O8/c1-32(2)41-37(57)30-54(55-45(60)53(23-16-24-53)56-46(61)64-47(3,4)5)28-27-51(11)34(42(41)54)19-20-39-50(10)25-22-40(49(8,9)38(50)21-26-52(39,51)12)63-44(59)36-29-35(48(36,6)7)43(58)62-31-33-17-14-13-15-18-33/h13-15,17-18,32,34-36,38-40H,16,19-31H2,1-12H3,(H,55,60)(H,56,61)/t34-,35+,36-,38+,39-,40+,50+,51-,52-,54-/m1/s1. The fourth-order valence-electron chi connectivity index (χ4n) is 15.5. The van der Waals surface area contributed by atoms with Crippen LogP contribution in [0.5, 0.6) is 0 Å². The molecule has 0 spiro atoms. The smallest absolute Gasteiger partial charge is 0.408 e. The average Bonchev–Trinajstić information content (AvgIpc) is 3.47. The van der Waals surface area contributed by atoms with Crippen molar-refractivity contribution in [2.24, 2.45) is 62.6 Å². The first-order chi connectivity index (χ1) is 29.7. The van der Waals surface area contributed by atoms with Gasteiger partial charge in [0.25, 0.3) is 0 Å². The highest BCUT2D eigenvalue weighted by Gasteiger charge is 2.71. The van der Waals surface area contributed by atoms with Crippen LogP contribution in [0.1, 0.15) is 172 Å². The number of amides is 2. The van der Waals surface area contributed by atoms with Crippen molar-refractivity contribution >= 4 is 29.7 Å². The van der Waals surface area contributed by atoms with E-state index in [-0.39, 0.29) is 88.1 Å². The van der Waals surface area contributed by atoms with E-state index in [4.69, 9.17) is 14.2 Å². The molecule has 64 heavy (non-hydrogen) atoms. The lowest BCUT2D eigenvalue weighted by atomic mass is 9.33. The summed E-state index contributed by atoms with van der Waals surface area (Å²) in [6.45, 7) is 26.2. The normalized spacial score (nSPS) is 37.9. The molecule has 0 bridgehead atoms. The van der Waals surface area contributed by atoms with E-state index in [1.54, 1.807) is 0 Å². The summed E-state index contributed by atoms with van der Waals surface area (Å²) in [7, 11) is 0. The zero-order valence-corrected chi connectivity index (χ0v) is 41.1. The average molecular weight is 883 g/mol. The maximum Gasteiger partial charge on any atom is 0.408 e. The zero-order chi connectivity index (χ0) is 46.6. The number of hydrogen-bond donors (Lipinski definition) is 2. The highest BCUT2D eigenvalue weighted by molar-refractivity contribution is 6.03. The molecule has 0 saturated heterocycles. The number of ketones is 1. The Labute approximate surface area is 382 Å². The van der Waals surface area contributed by atoms with Crippen molar-refractivity contribution < 1.29 is 38.2 Å². The number of nitrogens with one attached hydrogen (secondary N) is 2. The minimum absolute atomic E-state index is 0.00872. The van der Waals surface area contributed by atoms with Crippen molar-refractivity contribution in [3.63, 3.8) is 0 Å². The number of benzene rings is 1. The summed E-state index contributed by atoms with van der Waals surface area (Å²) in [5.41, 5.74) is -0.332. The summed E-state index contributed by atoms with van der Waals surface area (Å²) >= 11 is 0. The van der Waals surface area contributed by atoms with E-state index in [0.29, 0.717) is 37.5 Å². The van der Waals surface area contributed by atoms with Crippen molar-refractivity contribution in [2.45, 2.75) is 196 Å². The predicted molar refractivity (Wildman–Crippen MR) is 245 cm³/mol. The number of allylic oxidation sites excluding steroid dienone is 1. The maximum absolute atomic E-state index is 14.6. The van der Waals surface area contributed by atoms with E-state index >= 15 is 0 Å². The first-order valence-electron chi connectivity index (χ1n) is 24.8. The Kier molecular flexibility index (Phi) is 11.5. The Hall–Kier alpha value is -3.69. The minimum Gasteiger partial charge on any atom is -0.462 e. The van der Waals surface area contributed by atoms with Crippen molar-refractivity contribution in [3.8, 4) is 0 Å². The molecular weight excluding hydrogens is 805 g/mol. The van der Waals surface area contributed by atoms with Crippen LogP contribution in [-0.4, -0.2) is 52.5 Å². The number of carbonyl (C=O) groups excluding carboxylic acids is 5. The van der Waals surface area contributed by atoms with Gasteiger partial charge in [0, 0.05) is 11.8 Å². The molecular formula is C54H78N2O8. The Morgan fingerprint density at radius 2 is 1.42 bits per heavy atom. The topological polar surface area (TPSA) is 137 Å². The van der Waals surface area contributed by atoms with Gasteiger partial charge in [-0.1, -0.05) is 92.6 Å². The molecule has 10 nitrogen and oxygen atoms in total. The molecule has 2 N–H and O–H groups in total. The Morgan fingerprint density at radius 1 is 0.750 bits per heavy atom. The molecule has 0 aliphatic heterocycles. The van der Waals surface area contributed by atoms with Crippen LogP contribution in [0.4, 0.5) is 4.79 Å². The lowest BCUT2D eigenvalue weighted by molar-refractivity contribution is -0.235. The summed E-state index contributed by atoms with van der Waals surface area (Å²) in [5.74, 6) is -0.195. The number of rotatable bonds is 9. The van der Waals surface area contributed by atoms with E-state index in [1.165, 1.54) is 5.57 Å². The summed E-state index contributed by atoms with van der Waals surface area (Å²) < 4.78 is 17.9. The molecule has 1 aromatic carbocycles. The summed E-state index contributed by atoms with van der Waals surface area (Å²) in [4.78, 5) is 69.1. The minimum atomic E-state index is -1.05. The fourth-order valence-corrected chi connectivity index (χ4v) is 15.5. The maximum atomic E-state index is 14.6. The van der Waals surface area contributed by atoms with Crippen molar-refractivity contribution in [1.82, 2.24) is 10.6 Å². The van der Waals surface area contributed by atoms with Gasteiger partial charge in [-0.05, 0) is 160 Å². The molecule has 0 heterocycles. The van der Waals surface area contributed by atoms with E-state index < -0.39 is 28.2 Å². The zero-order valence-electron chi connectivity index (χ0n) is 41.1. The van der Waals surface area contributed by atoms with Gasteiger partial charge in [0.2, 0.25) is 5.91 Å². The molecule has 7 aliphatic rings. The second-order valence-electron chi connectivity index (χ2n) is 24.8. The lowest BCUT2D eigenvalue weighted by Crippen LogP contribution is -2.70. The largest absolute Gasteiger partial charge is 0.462 e. The van der Waals surface area contributed by atoms with Crippen LogP contribution in [0.2, 0.25) is 0 Å². The van der Waals surface area contributed by atoms with Crippen LogP contribution >= 0.6 is 0 Å². The molecule has 0 radical (unpaired) electrons. The molecule has 1 aromatic rings. The Balaban J connectivity index is 0.984. The summed E-state index contributed by atoms with van der Waals surface area (Å²) in [6, 6.07) is 9.68. The molecule has 0 aromatic heterocycles. The van der Waals surface area contributed by atoms with Crippen LogP contribution in [0.15, 0.2) is 41.5 Å². The number of Topliss-reactive ketones (excluding diaryl/α,β-unsaturated/α-hetero) is 1. The third-order valence-electron chi connectivity index (χ3n) is 19.4. The molecule has 6 saturated carbocycles. The SMILES string of the molecule is CC(C)C1=C2[C@H]3CC[C@@H]4[C@@]5(C)CC[C@H](OC(=O)[C@H]6C[C@@H](C(=O)OCc7ccccc7)C6(C)C)C(C)(C)[C@@H]5CC[C@@]4(C)[C@]3(C)CC[C@@]2(NC(=O)C2(NC(=O)OC(C)(C)C)CCC2)CC1=O. The highest BCUT2D eigenvalue weighted by Crippen LogP contribution is 2.76. The summed E-state index contributed by atoms with van der Waals surface area (Å²) in [5, 5.41) is 6.49. The first-order valence-corrected chi connectivity index (χ1v) is 24.8. The van der Waals surface area contributed by atoms with Crippen LogP contribution < -0.4 is 10.6 Å². The molecule has 8 rings (SSSR count). The fraction of sp³-hybridized carbons (Fsp3) is 0.759. The number of alkyl carbamates (subject to hydrolysis) is 1. The van der Waals surface area contributed by atoms with Crippen LogP contribution in [0, 0.1) is 62.6 Å². The highest BCUT2D eigenvalue weighted by atomic mass is 16.6. The number of ether oxygens (including phenoxy) is 3. The number of fused-ring (bicyclic) bond motifs is 7. The molecule has 7 aliphatic carbocycles. The van der Waals surface area contributed by atoms with E-state index in [1.807, 2.05) is 65.0 Å². The first kappa shape index (κ1) is 46.8. The van der Waals surface area contributed by atoms with Gasteiger partial charge in [0.05, 0.1) is 17.4 Å². The van der Waals surface area contributed by atoms with Gasteiger partial charge in [-0.15, -0.1) is 0 Å². The predicted octanol–water partition coefficient (Wildman–Crippen LogP) is 10.6. The van der Waals surface area contributed by atoms with Crippen molar-refractivity contribution in [2.75, 3.05) is 0 Å². The van der Waals surface area contributed by atoms with Gasteiger partial charge in [0.1, 0.15) is 23.9 Å². The van der Waals surface area contributed by atoms with Crippen molar-refractivity contribution in [1.29, 1.82) is 0 Å². The second kappa shape index (κ2) is 15.7. The van der Waals surface area contributed by atoms with Crippen LogP contribution in [0.3, 0.4) is 0 Å². The van der Waals surface area contributed by atoms with E-state index in [2.05, 4.69) is 59.1 Å². The molecule has 352 valence electrons. The monoisotopic (exact) mass is 883 g/mol. The quantitative estimate of drug-likeness (QED) is 0.185. The second-order valence-corrected chi connectivity index (χ2v) is 24.8. The van der Waals surface area contributed by atoms with Gasteiger partial charge in [-0.25, -0.2) is 4.79 Å². The summed E-state index contributed by atoms with van der Waals surface area (Å²) in [6.07, 6.45) is 9.33. The molecule has 0 unspecified atom stereocenters. The lowest BCUT2D eigenvalue weighted by Gasteiger charge is -2.72. The van der Waals surface area contributed by atoms with Gasteiger partial charge < -0.3 is 24.8 Å². The molecule has 10 heteroatoms. The number of esters is 2. The van der Waals surface area contributed by atoms with Crippen molar-refractivity contribution in [3.05, 3.63) is 47.0 Å². The number of carbonyl (C=O) groups is 5. The van der Waals surface area contributed by atoms with Gasteiger partial charge in [-0.2, -0.15) is 0 Å². The van der Waals surface area contributed by atoms with E-state index in [9.17, 15) is 24.0 Å². The third kappa shape index (κ3) is 7.27. The molecule has 6 fully saturated rings. The van der Waals surface area contributed by atoms with Gasteiger partial charge >= 0.3 is 18.0 Å². The van der Waals surface area contributed by atoms with Crippen LogP contribution in [-0.2, 0) is 40.0 Å².